The molecule has 0 fully saturated rings. The quantitative estimate of drug-likeness (QED) is 0.390. The van der Waals surface area contributed by atoms with E-state index in [2.05, 4.69) is 0 Å². The molecule has 0 amide bonds. The summed E-state index contributed by atoms with van der Waals surface area (Å²) in [6, 6.07) is 4.88. The number of aromatic carboxylic acids is 2. The molecule has 2 aromatic carbocycles. The van der Waals surface area contributed by atoms with E-state index in [4.69, 9.17) is 0 Å². The van der Waals surface area contributed by atoms with Crippen LogP contribution in [0.2, 0.25) is 0 Å². The van der Waals surface area contributed by atoms with E-state index in [0.717, 1.165) is 24.3 Å². The van der Waals surface area contributed by atoms with Crippen LogP contribution >= 0.6 is 0 Å². The molecule has 23 heavy (non-hydrogen) atoms. The van der Waals surface area contributed by atoms with Crippen molar-refractivity contribution in [3.63, 3.8) is 0 Å². The van der Waals surface area contributed by atoms with Crippen LogP contribution in [-0.2, 0) is 10.1 Å². The van der Waals surface area contributed by atoms with Crippen LogP contribution in [0.3, 0.4) is 0 Å². The molecule has 0 atom stereocenters. The van der Waals surface area contributed by atoms with Crippen LogP contribution in [0.4, 0.5) is 0 Å². The molecule has 0 aliphatic rings. The number of benzene rings is 2. The Labute approximate surface area is 198 Å². The Morgan fingerprint density at radius 3 is 1.74 bits per heavy atom. The Morgan fingerprint density at radius 1 is 0.826 bits per heavy atom. The number of carboxylic acids is 2. The molecule has 0 aliphatic carbocycles. The zero-order valence-electron chi connectivity index (χ0n) is 12.7. The summed E-state index contributed by atoms with van der Waals surface area (Å²) in [5, 5.41) is 21.4. The molecule has 0 aromatic heterocycles. The molecule has 11 heteroatoms. The summed E-state index contributed by atoms with van der Waals surface area (Å²) in [6.45, 7) is 0. The molecule has 0 unspecified atom stereocenters. The van der Waals surface area contributed by atoms with Crippen molar-refractivity contribution in [2.24, 2.45) is 0 Å². The van der Waals surface area contributed by atoms with Gasteiger partial charge >= 0.3 is 88.7 Å². The minimum Gasteiger partial charge on any atom is -0.744 e. The first-order valence-corrected chi connectivity index (χ1v) is 6.57. The average Bonchev–Trinajstić information content (AvgIpc) is 2.35. The predicted molar refractivity (Wildman–Crippen MR) is 60.6 cm³/mol. The molecule has 104 valence electrons. The van der Waals surface area contributed by atoms with Crippen LogP contribution in [0.1, 0.15) is 20.7 Å². The van der Waals surface area contributed by atoms with Crippen LogP contribution in [0.15, 0.2) is 35.2 Å². The van der Waals surface area contributed by atoms with Gasteiger partial charge in [0, 0.05) is 0 Å². The molecule has 0 bridgehead atoms. The third kappa shape index (κ3) is 6.09. The fourth-order valence-corrected chi connectivity index (χ4v) is 2.51. The monoisotopic (exact) mass is 362 g/mol. The Kier molecular flexibility index (Phi) is 11.1. The number of carbonyl (C=O) groups excluding carboxylic acids is 2. The fourth-order valence-electron chi connectivity index (χ4n) is 1.79. The van der Waals surface area contributed by atoms with Crippen LogP contribution in [0.25, 0.3) is 10.8 Å². The Balaban J connectivity index is 0. The Hall–Kier alpha value is 0.550. The maximum atomic E-state index is 11.1. The second-order valence-electron chi connectivity index (χ2n) is 3.94. The van der Waals surface area contributed by atoms with E-state index in [0.29, 0.717) is 6.07 Å². The van der Waals surface area contributed by atoms with Crippen LogP contribution < -0.4 is 98.9 Å². The standard InChI is InChI=1S/C12H8O7S.3Na/c13-11(14)6-1-2-9-7(3-6)4-8(12(15)16)5-10(9)20(17,18)19;;;/h1-5H,(H,13,14)(H,15,16)(H,17,18,19);;;/q;3*+1/p-3. The Bertz CT molecular complexity index is 844. The van der Waals surface area contributed by atoms with Gasteiger partial charge in [-0.1, -0.05) is 12.1 Å². The van der Waals surface area contributed by atoms with Crippen molar-refractivity contribution in [2.75, 3.05) is 0 Å². The zero-order chi connectivity index (χ0) is 15.1. The summed E-state index contributed by atoms with van der Waals surface area (Å²) in [6.07, 6.45) is 0. The van der Waals surface area contributed by atoms with E-state index in [1.165, 1.54) is 0 Å². The molecule has 0 N–H and O–H groups in total. The molecule has 7 nitrogen and oxygen atoms in total. The summed E-state index contributed by atoms with van der Waals surface area (Å²) >= 11 is 0. The zero-order valence-corrected chi connectivity index (χ0v) is 19.5. The number of fused-ring (bicyclic) bond motifs is 1. The van der Waals surface area contributed by atoms with E-state index in [1.807, 2.05) is 0 Å². The topological polar surface area (TPSA) is 137 Å². The molecule has 0 spiro atoms. The second-order valence-corrected chi connectivity index (χ2v) is 5.29. The smallest absolute Gasteiger partial charge is 0.744 e. The number of rotatable bonds is 3. The summed E-state index contributed by atoms with van der Waals surface area (Å²) < 4.78 is 33.4. The minimum atomic E-state index is -4.92. The van der Waals surface area contributed by atoms with Gasteiger partial charge in [-0.2, -0.15) is 0 Å². The van der Waals surface area contributed by atoms with Gasteiger partial charge in [-0.3, -0.25) is 0 Å². The van der Waals surface area contributed by atoms with E-state index in [-0.39, 0.29) is 105 Å². The van der Waals surface area contributed by atoms with Crippen molar-refractivity contribution in [3.05, 3.63) is 41.5 Å². The van der Waals surface area contributed by atoms with Gasteiger partial charge in [0.2, 0.25) is 0 Å². The Morgan fingerprint density at radius 2 is 1.30 bits per heavy atom. The molecule has 0 radical (unpaired) electrons. The first kappa shape index (κ1) is 25.8. The summed E-state index contributed by atoms with van der Waals surface area (Å²) in [4.78, 5) is 20.8. The predicted octanol–water partition coefficient (Wildman–Crippen LogP) is -10.5. The van der Waals surface area contributed by atoms with Crippen molar-refractivity contribution in [1.29, 1.82) is 0 Å². The summed E-state index contributed by atoms with van der Waals surface area (Å²) in [5.41, 5.74) is -0.815. The van der Waals surface area contributed by atoms with Crippen molar-refractivity contribution < 1.29 is 121 Å². The molecular formula is C12H5Na3O7S. The van der Waals surface area contributed by atoms with Gasteiger partial charge in [0.25, 0.3) is 0 Å². The summed E-state index contributed by atoms with van der Waals surface area (Å²) in [7, 11) is -4.92. The SMILES string of the molecule is O=C([O-])c1ccc2c(S(=O)(=O)[O-])cc(C(=O)[O-])cc2c1.[Na+].[Na+].[Na+]. The van der Waals surface area contributed by atoms with Crippen LogP contribution in [-0.4, -0.2) is 24.9 Å². The van der Waals surface area contributed by atoms with Gasteiger partial charge in [0.15, 0.2) is 0 Å². The molecule has 0 saturated carbocycles. The van der Waals surface area contributed by atoms with E-state index in [1.54, 1.807) is 0 Å². The first-order chi connectivity index (χ1) is 9.20. The number of hydrogen-bond acceptors (Lipinski definition) is 7. The van der Waals surface area contributed by atoms with Gasteiger partial charge in [-0.15, -0.1) is 0 Å². The van der Waals surface area contributed by atoms with Gasteiger partial charge in [0.05, 0.1) is 16.8 Å². The first-order valence-electron chi connectivity index (χ1n) is 5.16. The van der Waals surface area contributed by atoms with Crippen molar-refractivity contribution in [2.45, 2.75) is 4.90 Å². The average molecular weight is 362 g/mol. The van der Waals surface area contributed by atoms with Crippen LogP contribution in [0.5, 0.6) is 0 Å². The van der Waals surface area contributed by atoms with Gasteiger partial charge in [-0.25, -0.2) is 8.42 Å². The number of hydrogen-bond donors (Lipinski definition) is 0. The van der Waals surface area contributed by atoms with Crippen LogP contribution in [0, 0.1) is 0 Å². The summed E-state index contributed by atoms with van der Waals surface area (Å²) in [5.74, 6) is -3.20. The van der Waals surface area contributed by atoms with E-state index < -0.39 is 32.5 Å². The largest absolute Gasteiger partial charge is 1.00 e. The van der Waals surface area contributed by atoms with Gasteiger partial charge in [0.1, 0.15) is 10.1 Å². The van der Waals surface area contributed by atoms with Gasteiger partial charge < -0.3 is 24.4 Å². The maximum absolute atomic E-state index is 11.1. The number of carbonyl (C=O) groups is 2. The normalized spacial score (nSPS) is 9.96. The third-order valence-corrected chi connectivity index (χ3v) is 3.53. The molecule has 0 saturated heterocycles. The molecule has 0 heterocycles. The molecule has 0 aliphatic heterocycles. The van der Waals surface area contributed by atoms with E-state index >= 15 is 0 Å². The van der Waals surface area contributed by atoms with E-state index in [9.17, 15) is 32.8 Å². The molecule has 2 rings (SSSR count). The van der Waals surface area contributed by atoms with Crippen molar-refractivity contribution in [1.82, 2.24) is 0 Å². The minimum absolute atomic E-state index is 0. The third-order valence-electron chi connectivity index (χ3n) is 2.66. The molecule has 2 aromatic rings. The van der Waals surface area contributed by atoms with Crippen molar-refractivity contribution >= 4 is 32.8 Å². The van der Waals surface area contributed by atoms with Crippen molar-refractivity contribution in [3.8, 4) is 0 Å². The maximum Gasteiger partial charge on any atom is 1.00 e. The van der Waals surface area contributed by atoms with Gasteiger partial charge in [-0.05, 0) is 40.1 Å². The number of carboxylic acid groups (broad SMARTS) is 2. The fraction of sp³-hybridized carbons (Fsp3) is 0. The second kappa shape index (κ2) is 9.88. The molecular weight excluding hydrogens is 357 g/mol.